The minimum atomic E-state index is -0.630. The molecule has 2 aliphatic rings. The highest BCUT2D eigenvalue weighted by atomic mass is 16.6. The highest BCUT2D eigenvalue weighted by Gasteiger charge is 2.34. The number of non-ortho nitro benzene ring substituents is 1. The van der Waals surface area contributed by atoms with Gasteiger partial charge in [0.15, 0.2) is 6.10 Å². The molecule has 31 heavy (non-hydrogen) atoms. The Kier molecular flexibility index (Phi) is 6.20. The second kappa shape index (κ2) is 9.03. The Balaban J connectivity index is 1.50. The predicted octanol–water partition coefficient (Wildman–Crippen LogP) is 2.55. The van der Waals surface area contributed by atoms with Gasteiger partial charge in [-0.2, -0.15) is 0 Å². The number of hydrogen-bond acceptors (Lipinski definition) is 6. The van der Waals surface area contributed by atoms with Gasteiger partial charge in [-0.15, -0.1) is 0 Å². The maximum absolute atomic E-state index is 13.4. The lowest BCUT2D eigenvalue weighted by molar-refractivity contribution is -0.385. The molecule has 1 saturated heterocycles. The number of carbonyl (C=O) groups is 1. The lowest BCUT2D eigenvalue weighted by atomic mass is 9.99. The van der Waals surface area contributed by atoms with Gasteiger partial charge in [0.1, 0.15) is 5.75 Å². The van der Waals surface area contributed by atoms with E-state index in [1.54, 1.807) is 18.0 Å². The monoisotopic (exact) mass is 425 g/mol. The van der Waals surface area contributed by atoms with Gasteiger partial charge < -0.3 is 14.7 Å². The van der Waals surface area contributed by atoms with Crippen molar-refractivity contribution < 1.29 is 19.6 Å². The van der Waals surface area contributed by atoms with Crippen LogP contribution >= 0.6 is 0 Å². The first-order chi connectivity index (χ1) is 14.9. The molecule has 1 fully saturated rings. The van der Waals surface area contributed by atoms with E-state index >= 15 is 0 Å². The Morgan fingerprint density at radius 3 is 2.74 bits per heavy atom. The number of nitro groups is 1. The molecule has 0 saturated carbocycles. The summed E-state index contributed by atoms with van der Waals surface area (Å²) in [7, 11) is 1.79. The van der Waals surface area contributed by atoms with Crippen LogP contribution in [0.4, 0.5) is 5.69 Å². The van der Waals surface area contributed by atoms with Crippen molar-refractivity contribution in [3.05, 3.63) is 69.8 Å². The van der Waals surface area contributed by atoms with Crippen molar-refractivity contribution in [3.63, 3.8) is 0 Å². The first-order valence-electron chi connectivity index (χ1n) is 10.6. The number of aryl methyl sites for hydroxylation is 1. The van der Waals surface area contributed by atoms with Crippen LogP contribution in [0.1, 0.15) is 30.0 Å². The molecule has 2 heterocycles. The van der Waals surface area contributed by atoms with Crippen LogP contribution in [0.2, 0.25) is 0 Å². The summed E-state index contributed by atoms with van der Waals surface area (Å²) in [6, 6.07) is 14.2. The van der Waals surface area contributed by atoms with Crippen LogP contribution in [0.5, 0.6) is 5.75 Å². The fourth-order valence-corrected chi connectivity index (χ4v) is 4.39. The average Bonchev–Trinajstić information content (AvgIpc) is 3.21. The number of β-amino-alcohol motifs (C(OH)–C–C–N with tert-alkyl or cyclic N) is 1. The zero-order chi connectivity index (χ0) is 22.0. The smallest absolute Gasteiger partial charge is 0.269 e. The number of aliphatic hydroxyl groups is 1. The molecule has 164 valence electrons. The standard InChI is InChI=1S/C23H27N3O5/c1-24(20(16-5-3-2-4-6-16)15-25-12-11-19(27)14-25)23(28)22-9-7-17-13-18(26(29)30)8-10-21(17)31-22/h2-6,8,10,13,19-20,22,27H,7,9,11-12,14-15H2,1H3/t19-,20+,22+/m0/s1. The Hall–Kier alpha value is -2.97. The van der Waals surface area contributed by atoms with Gasteiger partial charge in [-0.25, -0.2) is 0 Å². The van der Waals surface area contributed by atoms with Gasteiger partial charge >= 0.3 is 0 Å². The zero-order valence-electron chi connectivity index (χ0n) is 17.5. The SMILES string of the molecule is CN(C(=O)[C@H]1CCc2cc([N+](=O)[O-])ccc2O1)[C@H](CN1CC[C@H](O)C1)c1ccccc1. The summed E-state index contributed by atoms with van der Waals surface area (Å²) in [5, 5.41) is 20.9. The summed E-state index contributed by atoms with van der Waals surface area (Å²) in [4.78, 5) is 27.9. The third-order valence-corrected chi connectivity index (χ3v) is 6.15. The average molecular weight is 425 g/mol. The van der Waals surface area contributed by atoms with Crippen molar-refractivity contribution in [2.45, 2.75) is 37.5 Å². The van der Waals surface area contributed by atoms with Gasteiger partial charge in [-0.3, -0.25) is 19.8 Å². The van der Waals surface area contributed by atoms with Crippen LogP contribution in [0.25, 0.3) is 0 Å². The summed E-state index contributed by atoms with van der Waals surface area (Å²) in [5.41, 5.74) is 1.82. The fourth-order valence-electron chi connectivity index (χ4n) is 4.39. The van der Waals surface area contributed by atoms with E-state index < -0.39 is 11.0 Å². The second-order valence-corrected chi connectivity index (χ2v) is 8.27. The van der Waals surface area contributed by atoms with Gasteiger partial charge in [-0.1, -0.05) is 30.3 Å². The third-order valence-electron chi connectivity index (χ3n) is 6.15. The topological polar surface area (TPSA) is 96.2 Å². The highest BCUT2D eigenvalue weighted by molar-refractivity contribution is 5.82. The number of ether oxygens (including phenoxy) is 1. The van der Waals surface area contributed by atoms with Crippen molar-refractivity contribution in [2.24, 2.45) is 0 Å². The molecule has 0 aromatic heterocycles. The summed E-state index contributed by atoms with van der Waals surface area (Å²) in [5.74, 6) is 0.417. The van der Waals surface area contributed by atoms with Gasteiger partial charge in [0.2, 0.25) is 0 Å². The quantitative estimate of drug-likeness (QED) is 0.564. The number of likely N-dealkylation sites (N-methyl/N-ethyl adjacent to an activating group) is 1. The minimum Gasteiger partial charge on any atom is -0.480 e. The van der Waals surface area contributed by atoms with Crippen LogP contribution in [-0.2, 0) is 11.2 Å². The molecule has 3 atom stereocenters. The van der Waals surface area contributed by atoms with E-state index in [9.17, 15) is 20.0 Å². The summed E-state index contributed by atoms with van der Waals surface area (Å²) in [6.45, 7) is 2.05. The molecule has 2 aliphatic heterocycles. The van der Waals surface area contributed by atoms with Gasteiger partial charge in [0.05, 0.1) is 17.1 Å². The predicted molar refractivity (Wildman–Crippen MR) is 115 cm³/mol. The van der Waals surface area contributed by atoms with Crippen LogP contribution in [0, 0.1) is 10.1 Å². The van der Waals surface area contributed by atoms with Crippen molar-refractivity contribution in [3.8, 4) is 5.75 Å². The molecule has 0 spiro atoms. The third kappa shape index (κ3) is 4.70. The van der Waals surface area contributed by atoms with E-state index in [4.69, 9.17) is 4.74 Å². The number of aliphatic hydroxyl groups excluding tert-OH is 1. The first-order valence-corrected chi connectivity index (χ1v) is 10.6. The van der Waals surface area contributed by atoms with E-state index in [1.807, 2.05) is 30.3 Å². The van der Waals surface area contributed by atoms with Crippen molar-refractivity contribution in [1.29, 1.82) is 0 Å². The lowest BCUT2D eigenvalue weighted by Gasteiger charge is -2.35. The molecule has 2 aromatic rings. The number of nitrogens with zero attached hydrogens (tertiary/aromatic N) is 3. The molecule has 0 unspecified atom stereocenters. The molecule has 4 rings (SSSR count). The van der Waals surface area contributed by atoms with Crippen LogP contribution in [0.15, 0.2) is 48.5 Å². The maximum Gasteiger partial charge on any atom is 0.269 e. The van der Waals surface area contributed by atoms with E-state index in [0.29, 0.717) is 31.7 Å². The summed E-state index contributed by atoms with van der Waals surface area (Å²) in [6.07, 6.45) is 0.819. The number of fused-ring (bicyclic) bond motifs is 1. The van der Waals surface area contributed by atoms with Crippen molar-refractivity contribution in [2.75, 3.05) is 26.7 Å². The number of nitro benzene ring substituents is 1. The van der Waals surface area contributed by atoms with E-state index in [2.05, 4.69) is 4.90 Å². The Morgan fingerprint density at radius 1 is 1.29 bits per heavy atom. The molecule has 1 amide bonds. The number of benzene rings is 2. The molecular formula is C23H27N3O5. The summed E-state index contributed by atoms with van der Waals surface area (Å²) < 4.78 is 5.96. The van der Waals surface area contributed by atoms with Gasteiger partial charge in [0.25, 0.3) is 11.6 Å². The van der Waals surface area contributed by atoms with Crippen LogP contribution in [0.3, 0.4) is 0 Å². The van der Waals surface area contributed by atoms with E-state index in [-0.39, 0.29) is 23.7 Å². The molecular weight excluding hydrogens is 398 g/mol. The number of carbonyl (C=O) groups excluding carboxylic acids is 1. The first kappa shape index (κ1) is 21.3. The van der Waals surface area contributed by atoms with Crippen molar-refractivity contribution in [1.82, 2.24) is 9.80 Å². The largest absolute Gasteiger partial charge is 0.480 e. The molecule has 1 N–H and O–H groups in total. The lowest BCUT2D eigenvalue weighted by Crippen LogP contribution is -2.46. The molecule has 2 aromatic carbocycles. The summed E-state index contributed by atoms with van der Waals surface area (Å²) >= 11 is 0. The van der Waals surface area contributed by atoms with Gasteiger partial charge in [0, 0.05) is 44.4 Å². The molecule has 8 heteroatoms. The van der Waals surface area contributed by atoms with Gasteiger partial charge in [-0.05, 0) is 30.9 Å². The molecule has 8 nitrogen and oxygen atoms in total. The Bertz CT molecular complexity index is 951. The fraction of sp³-hybridized carbons (Fsp3) is 0.435. The molecule has 0 bridgehead atoms. The second-order valence-electron chi connectivity index (χ2n) is 8.27. The molecule has 0 radical (unpaired) electrons. The normalized spacial score (nSPS) is 21.7. The van der Waals surface area contributed by atoms with Crippen LogP contribution < -0.4 is 4.74 Å². The zero-order valence-corrected chi connectivity index (χ0v) is 17.5. The van der Waals surface area contributed by atoms with Crippen LogP contribution in [-0.4, -0.2) is 64.6 Å². The van der Waals surface area contributed by atoms with E-state index in [0.717, 1.165) is 24.1 Å². The highest BCUT2D eigenvalue weighted by Crippen LogP contribution is 2.32. The number of rotatable bonds is 6. The number of likely N-dealkylation sites (tertiary alicyclic amines) is 1. The van der Waals surface area contributed by atoms with E-state index in [1.165, 1.54) is 12.1 Å². The Labute approximate surface area is 181 Å². The minimum absolute atomic E-state index is 0.0289. The number of amides is 1. The van der Waals surface area contributed by atoms with Crippen molar-refractivity contribution >= 4 is 11.6 Å². The Morgan fingerprint density at radius 2 is 2.06 bits per heavy atom. The number of hydrogen-bond donors (Lipinski definition) is 1. The maximum atomic E-state index is 13.4. The molecule has 0 aliphatic carbocycles.